The second kappa shape index (κ2) is 13.8. The number of hydrogen-bond acceptors (Lipinski definition) is 2. The van der Waals surface area contributed by atoms with Gasteiger partial charge in [-0.25, -0.2) is 4.98 Å². The Labute approximate surface area is 352 Å². The van der Waals surface area contributed by atoms with E-state index in [4.69, 9.17) is 4.98 Å². The Morgan fingerprint density at radius 2 is 1.00 bits per heavy atom. The van der Waals surface area contributed by atoms with E-state index in [9.17, 15) is 0 Å². The summed E-state index contributed by atoms with van der Waals surface area (Å²) >= 11 is 1.88. The molecule has 59 heavy (non-hydrogen) atoms. The highest BCUT2D eigenvalue weighted by Crippen LogP contribution is 2.49. The van der Waals surface area contributed by atoms with Gasteiger partial charge >= 0.3 is 0 Å². The predicted molar refractivity (Wildman–Crippen MR) is 272 cm³/mol. The maximum absolute atomic E-state index is 5.27. The maximum atomic E-state index is 5.27. The summed E-state index contributed by atoms with van der Waals surface area (Å²) in [6.07, 6.45) is 0. The minimum atomic E-state index is 0.929. The zero-order chi connectivity index (χ0) is 39.9. The fourth-order valence-electron chi connectivity index (χ4n) is 9.72. The monoisotopic (exact) mass is 764 g/mol. The van der Waals surface area contributed by atoms with E-state index in [1.165, 1.54) is 102 Å². The van der Waals surface area contributed by atoms with Crippen LogP contribution in [0.1, 0.15) is 0 Å². The minimum absolute atomic E-state index is 0.929. The molecule has 0 aliphatic rings. The third kappa shape index (κ3) is 5.50. The Bertz CT molecular complexity index is 3490. The second-order valence-corrected chi connectivity index (χ2v) is 17.1. The molecule has 2 nitrogen and oxygen atoms in total. The molecular formula is C51H37B5N2S. The van der Waals surface area contributed by atoms with Gasteiger partial charge in [0, 0.05) is 31.4 Å². The summed E-state index contributed by atoms with van der Waals surface area (Å²) in [6.45, 7) is 0. The number of aromatic nitrogens is 2. The van der Waals surface area contributed by atoms with Crippen LogP contribution in [0.3, 0.4) is 0 Å². The molecule has 2 heterocycles. The molecule has 0 spiro atoms. The van der Waals surface area contributed by atoms with E-state index in [1.54, 1.807) is 0 Å². The van der Waals surface area contributed by atoms with Gasteiger partial charge in [-0.1, -0.05) is 126 Å². The first kappa shape index (κ1) is 35.7. The summed E-state index contributed by atoms with van der Waals surface area (Å²) in [5, 5.41) is 7.63. The highest BCUT2D eigenvalue weighted by Gasteiger charge is 2.23. The van der Waals surface area contributed by atoms with Gasteiger partial charge in [-0.05, 0) is 103 Å². The quantitative estimate of drug-likeness (QED) is 0.164. The number of benzene rings is 9. The lowest BCUT2D eigenvalue weighted by Crippen LogP contribution is -2.55. The van der Waals surface area contributed by atoms with Gasteiger partial charge in [0.25, 0.3) is 0 Å². The molecule has 0 N–H and O–H groups in total. The zero-order valence-electron chi connectivity index (χ0n) is 33.9. The van der Waals surface area contributed by atoms with Gasteiger partial charge in [-0.2, -0.15) is 0 Å². The molecule has 0 atom stereocenters. The first-order valence-electron chi connectivity index (χ1n) is 20.5. The van der Waals surface area contributed by atoms with Crippen LogP contribution in [0.4, 0.5) is 0 Å². The van der Waals surface area contributed by atoms with Crippen molar-refractivity contribution in [2.75, 3.05) is 0 Å². The van der Waals surface area contributed by atoms with Crippen LogP contribution in [-0.2, 0) is 0 Å². The van der Waals surface area contributed by atoms with E-state index in [2.05, 4.69) is 208 Å². The fourth-order valence-corrected chi connectivity index (χ4v) is 10.9. The average molecular weight is 764 g/mol. The van der Waals surface area contributed by atoms with E-state index >= 15 is 0 Å². The molecular weight excluding hydrogens is 727 g/mol. The molecule has 2 aromatic heterocycles. The van der Waals surface area contributed by atoms with E-state index in [1.807, 2.05) is 11.3 Å². The third-order valence-corrected chi connectivity index (χ3v) is 14.1. The lowest BCUT2D eigenvalue weighted by atomic mass is 9.59. The predicted octanol–water partition coefficient (Wildman–Crippen LogP) is 5.66. The van der Waals surface area contributed by atoms with Crippen molar-refractivity contribution in [1.82, 2.24) is 9.55 Å². The summed E-state index contributed by atoms with van der Waals surface area (Å²) in [5.41, 5.74) is 18.6. The van der Waals surface area contributed by atoms with Gasteiger partial charge in [0.05, 0.1) is 11.0 Å². The minimum Gasteiger partial charge on any atom is -0.292 e. The molecule has 0 fully saturated rings. The molecule has 0 aliphatic heterocycles. The van der Waals surface area contributed by atoms with Gasteiger partial charge in [-0.3, -0.25) is 4.57 Å². The zero-order valence-corrected chi connectivity index (χ0v) is 34.7. The normalized spacial score (nSPS) is 11.7. The van der Waals surface area contributed by atoms with Crippen molar-refractivity contribution in [2.45, 2.75) is 0 Å². The van der Waals surface area contributed by atoms with Crippen molar-refractivity contribution in [3.05, 3.63) is 164 Å². The summed E-state index contributed by atoms with van der Waals surface area (Å²) < 4.78 is 4.92. The Balaban J connectivity index is 1.24. The summed E-state index contributed by atoms with van der Waals surface area (Å²) in [5.74, 6) is 0.929. The van der Waals surface area contributed by atoms with Crippen LogP contribution in [0.2, 0.25) is 0 Å². The van der Waals surface area contributed by atoms with E-state index in [-0.39, 0.29) is 0 Å². The third-order valence-electron chi connectivity index (χ3n) is 13.0. The summed E-state index contributed by atoms with van der Waals surface area (Å²) in [4.78, 5) is 5.27. The van der Waals surface area contributed by atoms with Crippen LogP contribution in [0.15, 0.2) is 164 Å². The van der Waals surface area contributed by atoms with Gasteiger partial charge in [0.2, 0.25) is 0 Å². The van der Waals surface area contributed by atoms with E-state index in [0.29, 0.717) is 0 Å². The summed E-state index contributed by atoms with van der Waals surface area (Å²) in [6, 6.07) is 60.1. The number of thiophene rings is 1. The molecule has 272 valence electrons. The molecule has 0 saturated heterocycles. The number of para-hydroxylation sites is 3. The van der Waals surface area contributed by atoms with Crippen molar-refractivity contribution in [3.8, 4) is 50.5 Å². The van der Waals surface area contributed by atoms with Gasteiger partial charge in [0.15, 0.2) is 0 Å². The topological polar surface area (TPSA) is 17.8 Å². The molecule has 8 heteroatoms. The number of imidazole rings is 1. The first-order chi connectivity index (χ1) is 28.9. The van der Waals surface area contributed by atoms with Crippen molar-refractivity contribution in [3.63, 3.8) is 0 Å². The Hall–Kier alpha value is -6.49. The molecule has 11 aromatic rings. The van der Waals surface area contributed by atoms with Crippen LogP contribution in [-0.4, -0.2) is 48.8 Å². The van der Waals surface area contributed by atoms with Crippen molar-refractivity contribution >= 4 is 131 Å². The Kier molecular flexibility index (Phi) is 8.36. The van der Waals surface area contributed by atoms with Gasteiger partial charge < -0.3 is 0 Å². The van der Waals surface area contributed by atoms with Crippen molar-refractivity contribution < 1.29 is 0 Å². The molecule has 0 saturated carbocycles. The SMILES string of the molecule is Bc1c(B)c(B)c(-c2ccc3c(-c4cccc(-c5nc6ccccc6n5-c5ccccc5)c4)c4ccccc4c(-c4cccc5sc6ccccc6c45)c3c2)c(B)c1B. The standard InChI is InChI=1S/C51H37B5N2S/c52-46-43(47(53)49(55)50(56)48(46)54)29-24-25-34-37(27-29)44(36-19-11-23-41-45(36)35-18-6-9-22-40(35)59-41)33-17-5-4-16-32(33)42(34)28-12-10-13-30(26-28)51-57-38-20-7-8-21-39(38)58(51)31-14-2-1-3-15-31/h1-27H,52-56H2. The van der Waals surface area contributed by atoms with E-state index < -0.39 is 0 Å². The summed E-state index contributed by atoms with van der Waals surface area (Å²) in [7, 11) is 11.4. The molecule has 0 unspecified atom stereocenters. The molecule has 9 aromatic carbocycles. The highest BCUT2D eigenvalue weighted by atomic mass is 32.1. The Morgan fingerprint density at radius 1 is 0.407 bits per heavy atom. The average Bonchev–Trinajstić information content (AvgIpc) is 3.87. The lowest BCUT2D eigenvalue weighted by molar-refractivity contribution is 1.10. The smallest absolute Gasteiger partial charge is 0.145 e. The maximum Gasteiger partial charge on any atom is 0.145 e. The van der Waals surface area contributed by atoms with E-state index in [0.717, 1.165) is 28.1 Å². The van der Waals surface area contributed by atoms with Crippen molar-refractivity contribution in [2.24, 2.45) is 0 Å². The lowest BCUT2D eigenvalue weighted by Gasteiger charge is -2.23. The second-order valence-electron chi connectivity index (χ2n) is 16.0. The number of fused-ring (bicyclic) bond motifs is 6. The van der Waals surface area contributed by atoms with Crippen LogP contribution in [0.5, 0.6) is 0 Å². The highest BCUT2D eigenvalue weighted by molar-refractivity contribution is 7.26. The molecule has 0 radical (unpaired) electrons. The molecule has 0 amide bonds. The molecule has 0 aliphatic carbocycles. The fraction of sp³-hybridized carbons (Fsp3) is 0. The van der Waals surface area contributed by atoms with Crippen LogP contribution in [0, 0.1) is 0 Å². The first-order valence-corrected chi connectivity index (χ1v) is 21.3. The van der Waals surface area contributed by atoms with Crippen LogP contribution in [0.25, 0.3) is 103 Å². The van der Waals surface area contributed by atoms with Crippen LogP contribution < -0.4 is 27.3 Å². The van der Waals surface area contributed by atoms with Gasteiger partial charge in [-0.15, -0.1) is 27.7 Å². The Morgan fingerprint density at radius 3 is 1.80 bits per heavy atom. The largest absolute Gasteiger partial charge is 0.292 e. The number of rotatable bonds is 5. The molecule has 0 bridgehead atoms. The van der Waals surface area contributed by atoms with Crippen molar-refractivity contribution in [1.29, 1.82) is 0 Å². The van der Waals surface area contributed by atoms with Gasteiger partial charge in [0.1, 0.15) is 45.1 Å². The van der Waals surface area contributed by atoms with Crippen LogP contribution >= 0.6 is 11.3 Å². The molecule has 11 rings (SSSR count). The number of hydrogen-bond donors (Lipinski definition) is 0. The number of nitrogens with zero attached hydrogens (tertiary/aromatic N) is 2.